The molecule has 0 spiro atoms. The van der Waals surface area contributed by atoms with E-state index >= 15 is 0 Å². The maximum absolute atomic E-state index is 12.5. The number of carbonyl (C=O) groups is 1. The van der Waals surface area contributed by atoms with Gasteiger partial charge in [-0.05, 0) is 31.0 Å². The Morgan fingerprint density at radius 2 is 1.42 bits per heavy atom. The standard InChI is InChI=1S/C21H22N4O/c1-15(17-9-5-3-6-10-17)23-20(26)19-13-14-22-21(25-19)24-16(2)18-11-7-4-8-12-18/h3-16H,1-2H3,(H,23,26)(H,22,24,25). The Morgan fingerprint density at radius 1 is 0.846 bits per heavy atom. The highest BCUT2D eigenvalue weighted by molar-refractivity contribution is 5.92. The molecule has 0 saturated heterocycles. The minimum absolute atomic E-state index is 0.0396. The molecule has 1 heterocycles. The zero-order chi connectivity index (χ0) is 18.4. The van der Waals surface area contributed by atoms with Gasteiger partial charge in [0.05, 0.1) is 12.1 Å². The van der Waals surface area contributed by atoms with Crippen molar-refractivity contribution in [2.75, 3.05) is 5.32 Å². The lowest BCUT2D eigenvalue weighted by atomic mass is 10.1. The Labute approximate surface area is 153 Å². The molecule has 1 aromatic heterocycles. The number of benzene rings is 2. The van der Waals surface area contributed by atoms with Crippen molar-refractivity contribution in [3.05, 3.63) is 89.7 Å². The van der Waals surface area contributed by atoms with Crippen LogP contribution < -0.4 is 10.6 Å². The molecule has 3 rings (SSSR count). The van der Waals surface area contributed by atoms with E-state index in [0.717, 1.165) is 11.1 Å². The summed E-state index contributed by atoms with van der Waals surface area (Å²) in [5.41, 5.74) is 2.51. The predicted molar refractivity (Wildman–Crippen MR) is 103 cm³/mol. The number of aromatic nitrogens is 2. The number of rotatable bonds is 6. The molecule has 0 aliphatic heterocycles. The van der Waals surface area contributed by atoms with Crippen molar-refractivity contribution in [1.82, 2.24) is 15.3 Å². The summed E-state index contributed by atoms with van der Waals surface area (Å²) in [5.74, 6) is 0.209. The van der Waals surface area contributed by atoms with Gasteiger partial charge in [-0.15, -0.1) is 0 Å². The minimum Gasteiger partial charge on any atom is -0.348 e. The average molecular weight is 346 g/mol. The van der Waals surface area contributed by atoms with Crippen molar-refractivity contribution in [1.29, 1.82) is 0 Å². The summed E-state index contributed by atoms with van der Waals surface area (Å²) in [7, 11) is 0. The number of carbonyl (C=O) groups excluding carboxylic acids is 1. The summed E-state index contributed by atoms with van der Waals surface area (Å²) in [6.45, 7) is 3.98. The zero-order valence-corrected chi connectivity index (χ0v) is 14.9. The van der Waals surface area contributed by atoms with E-state index < -0.39 is 0 Å². The third kappa shape index (κ3) is 4.45. The summed E-state index contributed by atoms with van der Waals surface area (Å²) >= 11 is 0. The van der Waals surface area contributed by atoms with E-state index in [1.807, 2.05) is 74.5 Å². The largest absolute Gasteiger partial charge is 0.348 e. The molecule has 0 aliphatic rings. The van der Waals surface area contributed by atoms with Crippen LogP contribution in [-0.4, -0.2) is 15.9 Å². The zero-order valence-electron chi connectivity index (χ0n) is 14.9. The van der Waals surface area contributed by atoms with Crippen molar-refractivity contribution in [3.63, 3.8) is 0 Å². The molecular formula is C21H22N4O. The second-order valence-electron chi connectivity index (χ2n) is 6.15. The highest BCUT2D eigenvalue weighted by atomic mass is 16.1. The lowest BCUT2D eigenvalue weighted by Gasteiger charge is -2.16. The number of nitrogens with zero attached hydrogens (tertiary/aromatic N) is 2. The van der Waals surface area contributed by atoms with Gasteiger partial charge in [0.15, 0.2) is 0 Å². The van der Waals surface area contributed by atoms with Crippen molar-refractivity contribution >= 4 is 11.9 Å². The van der Waals surface area contributed by atoms with Crippen LogP contribution in [0.3, 0.4) is 0 Å². The summed E-state index contributed by atoms with van der Waals surface area (Å²) < 4.78 is 0. The third-order valence-electron chi connectivity index (χ3n) is 4.18. The lowest BCUT2D eigenvalue weighted by molar-refractivity contribution is 0.0935. The smallest absolute Gasteiger partial charge is 0.270 e. The second-order valence-corrected chi connectivity index (χ2v) is 6.15. The lowest BCUT2D eigenvalue weighted by Crippen LogP contribution is -2.27. The van der Waals surface area contributed by atoms with Crippen molar-refractivity contribution in [3.8, 4) is 0 Å². The molecule has 3 aromatic rings. The third-order valence-corrected chi connectivity index (χ3v) is 4.18. The Hall–Kier alpha value is -3.21. The molecular weight excluding hydrogens is 324 g/mol. The normalized spacial score (nSPS) is 12.8. The van der Waals surface area contributed by atoms with E-state index in [9.17, 15) is 4.79 Å². The van der Waals surface area contributed by atoms with Crippen LogP contribution in [0.1, 0.15) is 47.5 Å². The molecule has 0 bridgehead atoms. The van der Waals surface area contributed by atoms with Gasteiger partial charge in [-0.3, -0.25) is 4.79 Å². The Balaban J connectivity index is 1.67. The molecule has 2 N–H and O–H groups in total. The molecule has 1 amide bonds. The van der Waals surface area contributed by atoms with E-state index in [1.54, 1.807) is 12.3 Å². The van der Waals surface area contributed by atoms with Gasteiger partial charge < -0.3 is 10.6 Å². The van der Waals surface area contributed by atoms with Gasteiger partial charge in [0.2, 0.25) is 5.95 Å². The Morgan fingerprint density at radius 3 is 2.04 bits per heavy atom. The molecule has 0 fully saturated rings. The van der Waals surface area contributed by atoms with Crippen LogP contribution in [0.25, 0.3) is 0 Å². The van der Waals surface area contributed by atoms with E-state index in [4.69, 9.17) is 0 Å². The Bertz CT molecular complexity index is 852. The van der Waals surface area contributed by atoms with Crippen molar-refractivity contribution < 1.29 is 4.79 Å². The van der Waals surface area contributed by atoms with E-state index in [-0.39, 0.29) is 18.0 Å². The number of hydrogen-bond donors (Lipinski definition) is 2. The number of amides is 1. The fraction of sp³-hybridized carbons (Fsp3) is 0.190. The van der Waals surface area contributed by atoms with Crippen LogP contribution in [0, 0.1) is 0 Å². The average Bonchev–Trinajstić information content (AvgIpc) is 2.69. The van der Waals surface area contributed by atoms with Crippen LogP contribution in [0.2, 0.25) is 0 Å². The maximum Gasteiger partial charge on any atom is 0.270 e. The maximum atomic E-state index is 12.5. The molecule has 26 heavy (non-hydrogen) atoms. The van der Waals surface area contributed by atoms with Gasteiger partial charge in [-0.1, -0.05) is 60.7 Å². The molecule has 2 aromatic carbocycles. The van der Waals surface area contributed by atoms with E-state index in [1.165, 1.54) is 0 Å². The van der Waals surface area contributed by atoms with Gasteiger partial charge in [-0.25, -0.2) is 9.97 Å². The van der Waals surface area contributed by atoms with Gasteiger partial charge in [0.25, 0.3) is 5.91 Å². The minimum atomic E-state index is -0.223. The molecule has 2 atom stereocenters. The fourth-order valence-electron chi connectivity index (χ4n) is 2.67. The molecule has 0 saturated carbocycles. The molecule has 2 unspecified atom stereocenters. The highest BCUT2D eigenvalue weighted by Crippen LogP contribution is 2.16. The van der Waals surface area contributed by atoms with Crippen LogP contribution in [0.15, 0.2) is 72.9 Å². The van der Waals surface area contributed by atoms with Gasteiger partial charge >= 0.3 is 0 Å². The topological polar surface area (TPSA) is 66.9 Å². The summed E-state index contributed by atoms with van der Waals surface area (Å²) in [6.07, 6.45) is 1.59. The summed E-state index contributed by atoms with van der Waals surface area (Å²) in [4.78, 5) is 21.1. The van der Waals surface area contributed by atoms with E-state index in [0.29, 0.717) is 11.6 Å². The van der Waals surface area contributed by atoms with Gasteiger partial charge in [0, 0.05) is 6.20 Å². The molecule has 132 valence electrons. The first-order valence-corrected chi connectivity index (χ1v) is 8.64. The van der Waals surface area contributed by atoms with Crippen molar-refractivity contribution in [2.45, 2.75) is 25.9 Å². The number of hydrogen-bond acceptors (Lipinski definition) is 4. The molecule has 5 nitrogen and oxygen atoms in total. The second kappa shape index (κ2) is 8.25. The van der Waals surface area contributed by atoms with Gasteiger partial charge in [-0.2, -0.15) is 0 Å². The molecule has 0 radical (unpaired) electrons. The molecule has 0 aliphatic carbocycles. The SMILES string of the molecule is CC(NC(=O)c1ccnc(NC(C)c2ccccc2)n1)c1ccccc1. The highest BCUT2D eigenvalue weighted by Gasteiger charge is 2.14. The quantitative estimate of drug-likeness (QED) is 0.704. The van der Waals surface area contributed by atoms with Crippen LogP contribution >= 0.6 is 0 Å². The van der Waals surface area contributed by atoms with Crippen LogP contribution in [0.5, 0.6) is 0 Å². The van der Waals surface area contributed by atoms with E-state index in [2.05, 4.69) is 20.6 Å². The van der Waals surface area contributed by atoms with Crippen LogP contribution in [-0.2, 0) is 0 Å². The Kier molecular flexibility index (Phi) is 5.59. The van der Waals surface area contributed by atoms with Crippen LogP contribution in [0.4, 0.5) is 5.95 Å². The summed E-state index contributed by atoms with van der Waals surface area (Å²) in [5, 5.41) is 6.20. The first-order valence-electron chi connectivity index (χ1n) is 8.64. The predicted octanol–water partition coefficient (Wildman–Crippen LogP) is 4.14. The first kappa shape index (κ1) is 17.6. The number of anilines is 1. The first-order chi connectivity index (χ1) is 12.6. The fourth-order valence-corrected chi connectivity index (χ4v) is 2.67. The number of nitrogens with one attached hydrogen (secondary N) is 2. The summed E-state index contributed by atoms with van der Waals surface area (Å²) in [6, 6.07) is 21.4. The van der Waals surface area contributed by atoms with Crippen molar-refractivity contribution in [2.24, 2.45) is 0 Å². The molecule has 5 heteroatoms. The van der Waals surface area contributed by atoms with Gasteiger partial charge in [0.1, 0.15) is 5.69 Å². The monoisotopic (exact) mass is 346 g/mol.